The van der Waals surface area contributed by atoms with Gasteiger partial charge in [-0.15, -0.1) is 16.4 Å². The first-order valence-electron chi connectivity index (χ1n) is 6.05. The maximum absolute atomic E-state index is 10.7. The lowest BCUT2D eigenvalue weighted by atomic mass is 10.1. The second kappa shape index (κ2) is 4.99. The van der Waals surface area contributed by atoms with Crippen molar-refractivity contribution in [3.63, 3.8) is 0 Å². The fourth-order valence-electron chi connectivity index (χ4n) is 2.29. The van der Waals surface area contributed by atoms with Crippen LogP contribution in [0.3, 0.4) is 0 Å². The molecule has 2 aromatic heterocycles. The fourth-order valence-corrected chi connectivity index (χ4v) is 3.11. The van der Waals surface area contributed by atoms with Crippen molar-refractivity contribution in [1.29, 1.82) is 0 Å². The van der Waals surface area contributed by atoms with Gasteiger partial charge in [-0.05, 0) is 31.5 Å². The molecule has 0 aliphatic carbocycles. The van der Waals surface area contributed by atoms with E-state index in [2.05, 4.69) is 15.6 Å². The molecule has 0 amide bonds. The van der Waals surface area contributed by atoms with Gasteiger partial charge in [0.05, 0.1) is 27.7 Å². The van der Waals surface area contributed by atoms with Gasteiger partial charge in [-0.2, -0.15) is 0 Å². The average molecular weight is 262 g/mol. The zero-order valence-corrected chi connectivity index (χ0v) is 10.7. The number of aldehydes is 1. The van der Waals surface area contributed by atoms with Crippen LogP contribution >= 0.6 is 11.3 Å². The fraction of sp³-hybridized carbons (Fsp3) is 0.417. The summed E-state index contributed by atoms with van der Waals surface area (Å²) in [4.78, 5) is 12.5. The van der Waals surface area contributed by atoms with Crippen LogP contribution in [0.2, 0.25) is 0 Å². The number of carbonyl (C=O) groups excluding carboxylic acids is 1. The molecule has 0 bridgehead atoms. The molecular weight excluding hydrogens is 248 g/mol. The molecule has 3 heterocycles. The monoisotopic (exact) mass is 262 g/mol. The van der Waals surface area contributed by atoms with Crippen molar-refractivity contribution >= 4 is 17.6 Å². The highest BCUT2D eigenvalue weighted by Gasteiger charge is 2.20. The van der Waals surface area contributed by atoms with Crippen LogP contribution in [0.1, 0.15) is 28.6 Å². The van der Waals surface area contributed by atoms with Gasteiger partial charge in [-0.25, -0.2) is 4.68 Å². The molecule has 94 valence electrons. The largest absolute Gasteiger partial charge is 0.315 e. The second-order valence-corrected chi connectivity index (χ2v) is 5.50. The highest BCUT2D eigenvalue weighted by Crippen LogP contribution is 2.29. The molecule has 0 radical (unpaired) electrons. The number of nitrogens with zero attached hydrogens (tertiary/aromatic N) is 3. The third kappa shape index (κ3) is 2.09. The summed E-state index contributed by atoms with van der Waals surface area (Å²) in [5.74, 6) is 0. The number of aromatic nitrogens is 3. The highest BCUT2D eigenvalue weighted by molar-refractivity contribution is 7.17. The van der Waals surface area contributed by atoms with Crippen LogP contribution in [0.15, 0.2) is 18.3 Å². The third-order valence-electron chi connectivity index (χ3n) is 3.19. The summed E-state index contributed by atoms with van der Waals surface area (Å²) in [6, 6.07) is 4.15. The summed E-state index contributed by atoms with van der Waals surface area (Å²) in [6.07, 6.45) is 4.93. The van der Waals surface area contributed by atoms with Gasteiger partial charge < -0.3 is 5.32 Å². The zero-order valence-electron chi connectivity index (χ0n) is 9.87. The van der Waals surface area contributed by atoms with Gasteiger partial charge in [-0.3, -0.25) is 4.79 Å². The van der Waals surface area contributed by atoms with E-state index in [1.165, 1.54) is 11.3 Å². The summed E-state index contributed by atoms with van der Waals surface area (Å²) >= 11 is 1.48. The standard InChI is InChI=1S/C12H14N4OS/c17-8-10-3-4-12(18-10)11-7-14-15-16(11)9-2-1-5-13-6-9/h3-4,7-9,13H,1-2,5-6H2. The topological polar surface area (TPSA) is 59.8 Å². The van der Waals surface area contributed by atoms with Crippen LogP contribution < -0.4 is 5.32 Å². The molecular formula is C12H14N4OS. The number of thiophene rings is 1. The quantitative estimate of drug-likeness (QED) is 0.856. The van der Waals surface area contributed by atoms with Crippen molar-refractivity contribution in [1.82, 2.24) is 20.3 Å². The molecule has 18 heavy (non-hydrogen) atoms. The normalized spacial score (nSPS) is 19.9. The predicted octanol–water partition coefficient (Wildman–Crippen LogP) is 1.74. The maximum atomic E-state index is 10.7. The molecule has 0 saturated carbocycles. The average Bonchev–Trinajstić information content (AvgIpc) is 3.08. The maximum Gasteiger partial charge on any atom is 0.160 e. The summed E-state index contributed by atoms with van der Waals surface area (Å²) in [6.45, 7) is 2.01. The summed E-state index contributed by atoms with van der Waals surface area (Å²) in [5, 5.41) is 11.6. The Kier molecular flexibility index (Phi) is 3.21. The Hall–Kier alpha value is -1.53. The number of rotatable bonds is 3. The van der Waals surface area contributed by atoms with Gasteiger partial charge >= 0.3 is 0 Å². The molecule has 3 rings (SSSR count). The zero-order chi connectivity index (χ0) is 12.4. The summed E-state index contributed by atoms with van der Waals surface area (Å²) < 4.78 is 1.98. The number of hydrogen-bond acceptors (Lipinski definition) is 5. The molecule has 1 saturated heterocycles. The highest BCUT2D eigenvalue weighted by atomic mass is 32.1. The van der Waals surface area contributed by atoms with E-state index in [4.69, 9.17) is 0 Å². The van der Waals surface area contributed by atoms with Crippen LogP contribution in [-0.4, -0.2) is 34.4 Å². The van der Waals surface area contributed by atoms with Crippen LogP contribution in [0.4, 0.5) is 0 Å². The van der Waals surface area contributed by atoms with Crippen LogP contribution in [0.25, 0.3) is 10.6 Å². The first-order valence-corrected chi connectivity index (χ1v) is 6.86. The van der Waals surface area contributed by atoms with Gasteiger partial charge in [0.25, 0.3) is 0 Å². The molecule has 1 atom stereocenters. The van der Waals surface area contributed by atoms with E-state index < -0.39 is 0 Å². The third-order valence-corrected chi connectivity index (χ3v) is 4.22. The minimum atomic E-state index is 0.359. The molecule has 6 heteroatoms. The van der Waals surface area contributed by atoms with Gasteiger partial charge in [0.15, 0.2) is 6.29 Å². The minimum absolute atomic E-state index is 0.359. The van der Waals surface area contributed by atoms with E-state index >= 15 is 0 Å². The van der Waals surface area contributed by atoms with Crippen molar-refractivity contribution in [3.05, 3.63) is 23.2 Å². The van der Waals surface area contributed by atoms with Crippen molar-refractivity contribution in [2.75, 3.05) is 13.1 Å². The van der Waals surface area contributed by atoms with E-state index in [0.717, 1.165) is 47.7 Å². The Labute approximate surface area is 109 Å². The first kappa shape index (κ1) is 11.6. The van der Waals surface area contributed by atoms with Crippen LogP contribution in [0, 0.1) is 0 Å². The van der Waals surface area contributed by atoms with E-state index in [9.17, 15) is 4.79 Å². The van der Waals surface area contributed by atoms with E-state index in [0.29, 0.717) is 6.04 Å². The Morgan fingerprint density at radius 2 is 2.44 bits per heavy atom. The molecule has 0 spiro atoms. The lowest BCUT2D eigenvalue weighted by Crippen LogP contribution is -2.32. The van der Waals surface area contributed by atoms with Crippen molar-refractivity contribution < 1.29 is 4.79 Å². The molecule has 1 N–H and O–H groups in total. The molecule has 0 aromatic carbocycles. The van der Waals surface area contributed by atoms with Gasteiger partial charge in [0.1, 0.15) is 0 Å². The Bertz CT molecular complexity index is 542. The Balaban J connectivity index is 1.92. The summed E-state index contributed by atoms with van der Waals surface area (Å²) in [5.41, 5.74) is 1.00. The number of carbonyl (C=O) groups is 1. The van der Waals surface area contributed by atoms with E-state index in [1.807, 2.05) is 16.8 Å². The van der Waals surface area contributed by atoms with E-state index in [-0.39, 0.29) is 0 Å². The Morgan fingerprint density at radius 1 is 1.50 bits per heavy atom. The molecule has 1 aliphatic rings. The number of piperidine rings is 1. The predicted molar refractivity (Wildman–Crippen MR) is 69.9 cm³/mol. The summed E-state index contributed by atoms with van der Waals surface area (Å²) in [7, 11) is 0. The van der Waals surface area contributed by atoms with Crippen molar-refractivity contribution in [3.8, 4) is 10.6 Å². The van der Waals surface area contributed by atoms with Crippen molar-refractivity contribution in [2.24, 2.45) is 0 Å². The molecule has 1 unspecified atom stereocenters. The number of nitrogens with one attached hydrogen (secondary N) is 1. The van der Waals surface area contributed by atoms with Crippen LogP contribution in [0.5, 0.6) is 0 Å². The van der Waals surface area contributed by atoms with Gasteiger partial charge in [0, 0.05) is 6.54 Å². The number of hydrogen-bond donors (Lipinski definition) is 1. The molecule has 1 aliphatic heterocycles. The van der Waals surface area contributed by atoms with E-state index in [1.54, 1.807) is 6.20 Å². The smallest absolute Gasteiger partial charge is 0.160 e. The Morgan fingerprint density at radius 3 is 3.17 bits per heavy atom. The molecule has 2 aromatic rings. The minimum Gasteiger partial charge on any atom is -0.315 e. The van der Waals surface area contributed by atoms with Gasteiger partial charge in [0.2, 0.25) is 0 Å². The van der Waals surface area contributed by atoms with Gasteiger partial charge in [-0.1, -0.05) is 5.21 Å². The molecule has 5 nitrogen and oxygen atoms in total. The SMILES string of the molecule is O=Cc1ccc(-c2cnnn2C2CCCNC2)s1. The van der Waals surface area contributed by atoms with Crippen LogP contribution in [-0.2, 0) is 0 Å². The molecule has 1 fully saturated rings. The second-order valence-electron chi connectivity index (χ2n) is 4.38. The van der Waals surface area contributed by atoms with Crippen molar-refractivity contribution in [2.45, 2.75) is 18.9 Å². The lowest BCUT2D eigenvalue weighted by molar-refractivity contribution is 0.112. The lowest BCUT2D eigenvalue weighted by Gasteiger charge is -2.23. The first-order chi connectivity index (χ1) is 8.88.